The van der Waals surface area contributed by atoms with Gasteiger partial charge in [0.05, 0.1) is 13.1 Å². The van der Waals surface area contributed by atoms with Crippen LogP contribution in [0.25, 0.3) is 0 Å². The molecule has 2 bridgehead atoms. The molecule has 0 saturated carbocycles. The second kappa shape index (κ2) is 5.72. The van der Waals surface area contributed by atoms with Crippen LogP contribution in [0.1, 0.15) is 55.0 Å². The van der Waals surface area contributed by atoms with E-state index in [0.29, 0.717) is 12.6 Å². The van der Waals surface area contributed by atoms with E-state index in [9.17, 15) is 5.11 Å². The lowest BCUT2D eigenvalue weighted by Crippen LogP contribution is -2.62. The zero-order chi connectivity index (χ0) is 16.8. The lowest BCUT2D eigenvalue weighted by Gasteiger charge is -2.54. The van der Waals surface area contributed by atoms with Gasteiger partial charge in [0, 0.05) is 29.7 Å². The van der Waals surface area contributed by atoms with Crippen molar-refractivity contribution in [2.24, 2.45) is 0 Å². The zero-order valence-electron chi connectivity index (χ0n) is 14.8. The summed E-state index contributed by atoms with van der Waals surface area (Å²) in [5.74, 6) is 0. The quantitative estimate of drug-likeness (QED) is 0.647. The summed E-state index contributed by atoms with van der Waals surface area (Å²) in [5, 5.41) is 9.29. The maximum Gasteiger partial charge on any atom is 0.149 e. The molecule has 2 heteroatoms. The van der Waals surface area contributed by atoms with Crippen molar-refractivity contribution in [2.75, 3.05) is 19.7 Å². The second-order valence-corrected chi connectivity index (χ2v) is 7.54. The number of hydrogen-bond donors (Lipinski definition) is 1. The first-order valence-electron chi connectivity index (χ1n) is 9.34. The van der Waals surface area contributed by atoms with Crippen LogP contribution in [-0.2, 0) is 12.0 Å². The molecule has 0 spiro atoms. The Hall–Kier alpha value is -1.64. The van der Waals surface area contributed by atoms with Crippen LogP contribution in [0.5, 0.6) is 0 Å². The third-order valence-corrected chi connectivity index (χ3v) is 6.82. The molecule has 2 aromatic rings. The number of benzene rings is 2. The molecule has 2 nitrogen and oxygen atoms in total. The highest BCUT2D eigenvalue weighted by atomic mass is 16.2. The Labute approximate surface area is 145 Å². The van der Waals surface area contributed by atoms with Gasteiger partial charge in [-0.1, -0.05) is 48.5 Å². The Morgan fingerprint density at radius 1 is 1.04 bits per heavy atom. The van der Waals surface area contributed by atoms with E-state index in [1.165, 1.54) is 16.7 Å². The second-order valence-electron chi connectivity index (χ2n) is 7.54. The monoisotopic (exact) mass is 322 g/mol. The molecule has 2 aliphatic rings. The van der Waals surface area contributed by atoms with Gasteiger partial charge in [0.25, 0.3) is 0 Å². The van der Waals surface area contributed by atoms with Crippen LogP contribution in [0, 0.1) is 0 Å². The van der Waals surface area contributed by atoms with Crippen molar-refractivity contribution < 1.29 is 9.59 Å². The van der Waals surface area contributed by atoms with Gasteiger partial charge in [0.15, 0.2) is 0 Å². The third kappa shape index (κ3) is 1.84. The zero-order valence-corrected chi connectivity index (χ0v) is 14.8. The van der Waals surface area contributed by atoms with Crippen LogP contribution in [0.3, 0.4) is 0 Å². The molecule has 0 saturated heterocycles. The molecule has 2 aromatic carbocycles. The van der Waals surface area contributed by atoms with Crippen LogP contribution < -0.4 is 0 Å². The van der Waals surface area contributed by atoms with Gasteiger partial charge in [0.2, 0.25) is 0 Å². The number of nitrogens with zero attached hydrogens (tertiary/aromatic N) is 1. The summed E-state index contributed by atoms with van der Waals surface area (Å²) in [6.07, 6.45) is 3.13. The van der Waals surface area contributed by atoms with Gasteiger partial charge in [-0.2, -0.15) is 0 Å². The van der Waals surface area contributed by atoms with E-state index in [1.807, 2.05) is 0 Å². The fourth-order valence-corrected chi connectivity index (χ4v) is 5.68. The van der Waals surface area contributed by atoms with Crippen molar-refractivity contribution in [1.29, 1.82) is 0 Å². The molecule has 0 aromatic heterocycles. The standard InChI is InChI=1S/C22H28NO/c1-3-23(14-8-9-15-24)21-16-17-10-4-6-12-19(17)22(23,2)20-13-7-5-11-18(20)21/h4-7,10-13,21,24H,3,8-9,14-16H2,1-2H3/q+1/t21-,22+,23-/m1/s1. The summed E-state index contributed by atoms with van der Waals surface area (Å²) >= 11 is 0. The number of aliphatic hydroxyl groups excluding tert-OH is 1. The van der Waals surface area contributed by atoms with E-state index in [2.05, 4.69) is 62.4 Å². The fourth-order valence-electron chi connectivity index (χ4n) is 5.68. The first kappa shape index (κ1) is 15.9. The lowest BCUT2D eigenvalue weighted by molar-refractivity contribution is -0.996. The van der Waals surface area contributed by atoms with Gasteiger partial charge < -0.3 is 9.59 Å². The molecule has 0 amide bonds. The van der Waals surface area contributed by atoms with Crippen molar-refractivity contribution >= 4 is 0 Å². The molecule has 0 fully saturated rings. The molecule has 1 N–H and O–H groups in total. The molecule has 0 radical (unpaired) electrons. The van der Waals surface area contributed by atoms with Crippen molar-refractivity contribution in [1.82, 2.24) is 0 Å². The van der Waals surface area contributed by atoms with Gasteiger partial charge in [-0.15, -0.1) is 0 Å². The summed E-state index contributed by atoms with van der Waals surface area (Å²) in [6, 6.07) is 18.7. The summed E-state index contributed by atoms with van der Waals surface area (Å²) < 4.78 is 1.11. The number of hydrogen-bond acceptors (Lipinski definition) is 1. The van der Waals surface area contributed by atoms with E-state index in [4.69, 9.17) is 0 Å². The average molecular weight is 322 g/mol. The smallest absolute Gasteiger partial charge is 0.149 e. The Kier molecular flexibility index (Phi) is 3.78. The van der Waals surface area contributed by atoms with Crippen LogP contribution in [0.15, 0.2) is 48.5 Å². The van der Waals surface area contributed by atoms with E-state index in [1.54, 1.807) is 5.56 Å². The van der Waals surface area contributed by atoms with E-state index >= 15 is 0 Å². The van der Waals surface area contributed by atoms with Crippen LogP contribution in [0.2, 0.25) is 0 Å². The lowest BCUT2D eigenvalue weighted by atomic mass is 9.78. The topological polar surface area (TPSA) is 20.2 Å². The predicted molar refractivity (Wildman–Crippen MR) is 97.8 cm³/mol. The number of quaternary nitrogens is 1. The molecule has 0 unspecified atom stereocenters. The summed E-state index contributed by atoms with van der Waals surface area (Å²) in [7, 11) is 0. The van der Waals surface area contributed by atoms with Gasteiger partial charge >= 0.3 is 0 Å². The molecule has 2 aliphatic heterocycles. The maximum absolute atomic E-state index is 9.29. The largest absolute Gasteiger partial charge is 0.396 e. The van der Waals surface area contributed by atoms with Gasteiger partial charge in [-0.3, -0.25) is 0 Å². The summed E-state index contributed by atoms with van der Waals surface area (Å²) in [4.78, 5) is 0. The highest BCUT2D eigenvalue weighted by Crippen LogP contribution is 2.60. The fraction of sp³-hybridized carbons (Fsp3) is 0.455. The van der Waals surface area contributed by atoms with E-state index in [0.717, 1.165) is 36.8 Å². The van der Waals surface area contributed by atoms with Crippen LogP contribution >= 0.6 is 0 Å². The Bertz CT molecular complexity index is 742. The SMILES string of the molecule is CC[N@@+]1(CCCCO)[C@@H]2Cc3ccccc3[C@@]1(C)c1ccccc12. The molecule has 4 rings (SSSR count). The van der Waals surface area contributed by atoms with Crippen molar-refractivity contribution in [3.8, 4) is 0 Å². The number of rotatable bonds is 5. The minimum atomic E-state index is 0.0281. The minimum Gasteiger partial charge on any atom is -0.396 e. The van der Waals surface area contributed by atoms with Crippen LogP contribution in [-0.4, -0.2) is 29.3 Å². The number of unbranched alkanes of at least 4 members (excludes halogenated alkanes) is 1. The minimum absolute atomic E-state index is 0.0281. The van der Waals surface area contributed by atoms with Gasteiger partial charge in [0.1, 0.15) is 11.6 Å². The normalized spacial score (nSPS) is 30.0. The highest BCUT2D eigenvalue weighted by molar-refractivity contribution is 5.51. The van der Waals surface area contributed by atoms with Gasteiger partial charge in [-0.05, 0) is 32.3 Å². The molecular weight excluding hydrogens is 294 g/mol. The molecular formula is C22H28NO+. The van der Waals surface area contributed by atoms with Crippen molar-refractivity contribution in [2.45, 2.75) is 44.7 Å². The molecule has 0 aliphatic carbocycles. The number of likely N-dealkylation sites (N-methyl/N-ethyl adjacent to an activating group) is 1. The summed E-state index contributed by atoms with van der Waals surface area (Å²) in [6.45, 7) is 7.39. The first-order valence-corrected chi connectivity index (χ1v) is 9.34. The molecule has 2 heterocycles. The van der Waals surface area contributed by atoms with E-state index < -0.39 is 0 Å². The molecule has 24 heavy (non-hydrogen) atoms. The van der Waals surface area contributed by atoms with Crippen molar-refractivity contribution in [3.05, 3.63) is 70.8 Å². The third-order valence-electron chi connectivity index (χ3n) is 6.82. The predicted octanol–water partition coefficient (Wildman–Crippen LogP) is 4.17. The van der Waals surface area contributed by atoms with Crippen LogP contribution in [0.4, 0.5) is 0 Å². The van der Waals surface area contributed by atoms with Crippen molar-refractivity contribution in [3.63, 3.8) is 0 Å². The number of fused-ring (bicyclic) bond motifs is 7. The average Bonchev–Trinajstić information content (AvgIpc) is 2.75. The molecule has 126 valence electrons. The number of aliphatic hydroxyl groups is 1. The maximum atomic E-state index is 9.29. The Morgan fingerprint density at radius 2 is 1.75 bits per heavy atom. The van der Waals surface area contributed by atoms with Gasteiger partial charge in [-0.25, -0.2) is 0 Å². The van der Waals surface area contributed by atoms with E-state index in [-0.39, 0.29) is 5.54 Å². The Morgan fingerprint density at radius 3 is 2.50 bits per heavy atom. The first-order chi connectivity index (χ1) is 11.7. The Balaban J connectivity index is 1.94. The molecule has 3 atom stereocenters. The highest BCUT2D eigenvalue weighted by Gasteiger charge is 2.63. The summed E-state index contributed by atoms with van der Waals surface area (Å²) in [5.41, 5.74) is 6.12.